The number of ether oxygens (including phenoxy) is 1. The third-order valence-corrected chi connectivity index (χ3v) is 5.06. The molecule has 0 unspecified atom stereocenters. The van der Waals surface area contributed by atoms with Crippen molar-refractivity contribution >= 4 is 34.7 Å². The van der Waals surface area contributed by atoms with Crippen molar-refractivity contribution in [3.63, 3.8) is 0 Å². The SMILES string of the molecule is CSCC[C@@H](NC(N)=O)C(=O)OCc1cc(=O)oc2cc(C)c(C(C)C)cc12. The monoisotopic (exact) mass is 406 g/mol. The number of rotatable bonds is 8. The molecule has 0 saturated carbocycles. The van der Waals surface area contributed by atoms with E-state index in [-0.39, 0.29) is 6.61 Å². The Bertz CT molecular complexity index is 923. The third-order valence-electron chi connectivity index (χ3n) is 4.42. The van der Waals surface area contributed by atoms with E-state index in [9.17, 15) is 14.4 Å². The first-order valence-corrected chi connectivity index (χ1v) is 10.4. The molecule has 0 saturated heterocycles. The van der Waals surface area contributed by atoms with E-state index in [1.807, 2.05) is 25.3 Å². The van der Waals surface area contributed by atoms with Crippen LogP contribution >= 0.6 is 11.8 Å². The van der Waals surface area contributed by atoms with E-state index < -0.39 is 23.7 Å². The molecule has 1 heterocycles. The maximum Gasteiger partial charge on any atom is 0.336 e. The van der Waals surface area contributed by atoms with Crippen molar-refractivity contribution < 1.29 is 18.7 Å². The summed E-state index contributed by atoms with van der Waals surface area (Å²) in [6, 6.07) is 3.51. The standard InChI is InChI=1S/C20H26N2O5S/c1-11(2)14-9-15-13(8-18(23)27-17(15)7-12(14)3)10-26-19(24)16(5-6-28-4)22-20(21)25/h7-9,11,16H,5-6,10H2,1-4H3,(H3,21,22,25)/t16-/m1/s1. The van der Waals surface area contributed by atoms with E-state index in [1.54, 1.807) is 11.8 Å². The van der Waals surface area contributed by atoms with Gasteiger partial charge < -0.3 is 20.2 Å². The fourth-order valence-corrected chi connectivity index (χ4v) is 3.51. The summed E-state index contributed by atoms with van der Waals surface area (Å²) in [7, 11) is 0. The second kappa shape index (κ2) is 9.64. The quantitative estimate of drug-likeness (QED) is 0.515. The van der Waals surface area contributed by atoms with Gasteiger partial charge in [0.05, 0.1) is 0 Å². The lowest BCUT2D eigenvalue weighted by molar-refractivity contribution is -0.147. The molecule has 0 bridgehead atoms. The molecule has 0 aliphatic rings. The van der Waals surface area contributed by atoms with Gasteiger partial charge in [0.1, 0.15) is 18.2 Å². The van der Waals surface area contributed by atoms with E-state index in [4.69, 9.17) is 14.9 Å². The van der Waals surface area contributed by atoms with Crippen molar-refractivity contribution in [3.8, 4) is 0 Å². The van der Waals surface area contributed by atoms with E-state index in [0.717, 1.165) is 16.5 Å². The van der Waals surface area contributed by atoms with Crippen LogP contribution in [0, 0.1) is 6.92 Å². The Morgan fingerprint density at radius 1 is 1.29 bits per heavy atom. The summed E-state index contributed by atoms with van der Waals surface area (Å²) in [4.78, 5) is 35.5. The number of urea groups is 1. The molecule has 0 aliphatic heterocycles. The molecule has 8 heteroatoms. The molecular formula is C20H26N2O5S. The lowest BCUT2D eigenvalue weighted by Crippen LogP contribution is -2.44. The number of carbonyl (C=O) groups excluding carboxylic acids is 2. The van der Waals surface area contributed by atoms with Crippen molar-refractivity contribution in [1.29, 1.82) is 0 Å². The molecule has 7 nitrogen and oxygen atoms in total. The van der Waals surface area contributed by atoms with E-state index in [0.29, 0.717) is 29.2 Å². The van der Waals surface area contributed by atoms with Gasteiger partial charge in [-0.15, -0.1) is 0 Å². The van der Waals surface area contributed by atoms with Crippen LogP contribution in [-0.4, -0.2) is 30.1 Å². The number of carbonyl (C=O) groups is 2. The van der Waals surface area contributed by atoms with Gasteiger partial charge in [0, 0.05) is 17.0 Å². The molecule has 0 spiro atoms. The van der Waals surface area contributed by atoms with Crippen LogP contribution in [0.3, 0.4) is 0 Å². The molecule has 0 aliphatic carbocycles. The fraction of sp³-hybridized carbons (Fsp3) is 0.450. The number of amides is 2. The van der Waals surface area contributed by atoms with Gasteiger partial charge in [-0.3, -0.25) is 0 Å². The van der Waals surface area contributed by atoms with Crippen molar-refractivity contribution in [1.82, 2.24) is 5.32 Å². The maximum absolute atomic E-state index is 12.4. The first-order valence-electron chi connectivity index (χ1n) is 9.01. The number of primary amides is 1. The summed E-state index contributed by atoms with van der Waals surface area (Å²) >= 11 is 1.54. The lowest BCUT2D eigenvalue weighted by Gasteiger charge is -2.17. The zero-order chi connectivity index (χ0) is 20.8. The molecular weight excluding hydrogens is 380 g/mol. The second-order valence-corrected chi connectivity index (χ2v) is 7.89. The highest BCUT2D eigenvalue weighted by Crippen LogP contribution is 2.27. The van der Waals surface area contributed by atoms with Crippen LogP contribution in [0.25, 0.3) is 11.0 Å². The molecule has 28 heavy (non-hydrogen) atoms. The van der Waals surface area contributed by atoms with Gasteiger partial charge in [-0.1, -0.05) is 13.8 Å². The van der Waals surface area contributed by atoms with Gasteiger partial charge in [0.15, 0.2) is 0 Å². The highest BCUT2D eigenvalue weighted by molar-refractivity contribution is 7.98. The summed E-state index contributed by atoms with van der Waals surface area (Å²) in [6.45, 7) is 6.03. The van der Waals surface area contributed by atoms with Crippen LogP contribution in [0.15, 0.2) is 27.4 Å². The zero-order valence-electron chi connectivity index (χ0n) is 16.5. The Morgan fingerprint density at radius 3 is 2.61 bits per heavy atom. The number of nitrogens with two attached hydrogens (primary N) is 1. The molecule has 1 atom stereocenters. The van der Waals surface area contributed by atoms with Crippen molar-refractivity contribution in [2.75, 3.05) is 12.0 Å². The van der Waals surface area contributed by atoms with Gasteiger partial charge in [0.25, 0.3) is 0 Å². The summed E-state index contributed by atoms with van der Waals surface area (Å²) in [5.74, 6) is 0.363. The molecule has 0 radical (unpaired) electrons. The summed E-state index contributed by atoms with van der Waals surface area (Å²) in [5, 5.41) is 3.13. The van der Waals surface area contributed by atoms with Crippen LogP contribution in [0.4, 0.5) is 4.79 Å². The molecule has 2 amide bonds. The number of nitrogens with one attached hydrogen (secondary N) is 1. The smallest absolute Gasteiger partial charge is 0.336 e. The Kier molecular flexibility index (Phi) is 7.51. The Morgan fingerprint density at radius 2 is 2.00 bits per heavy atom. The third kappa shape index (κ3) is 5.51. The molecule has 1 aromatic heterocycles. The van der Waals surface area contributed by atoms with Gasteiger partial charge in [-0.05, 0) is 54.5 Å². The van der Waals surface area contributed by atoms with Gasteiger partial charge in [-0.25, -0.2) is 14.4 Å². The molecule has 3 N–H and O–H groups in total. The number of esters is 1. The Balaban J connectivity index is 2.29. The second-order valence-electron chi connectivity index (χ2n) is 6.90. The summed E-state index contributed by atoms with van der Waals surface area (Å²) in [5.41, 5.74) is 7.81. The minimum atomic E-state index is -0.829. The number of fused-ring (bicyclic) bond motifs is 1. The molecule has 2 aromatic rings. The van der Waals surface area contributed by atoms with Crippen LogP contribution in [0.1, 0.15) is 42.9 Å². The largest absolute Gasteiger partial charge is 0.459 e. The zero-order valence-corrected chi connectivity index (χ0v) is 17.4. The fourth-order valence-electron chi connectivity index (χ4n) is 3.04. The minimum absolute atomic E-state index is 0.0995. The van der Waals surface area contributed by atoms with E-state index >= 15 is 0 Å². The van der Waals surface area contributed by atoms with Crippen molar-refractivity contribution in [3.05, 3.63) is 45.3 Å². The van der Waals surface area contributed by atoms with E-state index in [1.165, 1.54) is 6.07 Å². The first-order chi connectivity index (χ1) is 13.2. The minimum Gasteiger partial charge on any atom is -0.459 e. The van der Waals surface area contributed by atoms with Gasteiger partial charge >= 0.3 is 17.6 Å². The topological polar surface area (TPSA) is 112 Å². The van der Waals surface area contributed by atoms with Crippen LogP contribution in [0.2, 0.25) is 0 Å². The van der Waals surface area contributed by atoms with Gasteiger partial charge in [0.2, 0.25) is 0 Å². The molecule has 1 aromatic carbocycles. The summed E-state index contributed by atoms with van der Waals surface area (Å²) < 4.78 is 10.7. The summed E-state index contributed by atoms with van der Waals surface area (Å²) in [6.07, 6.45) is 2.30. The molecule has 152 valence electrons. The average molecular weight is 407 g/mol. The first kappa shape index (κ1) is 21.8. The number of hydrogen-bond donors (Lipinski definition) is 2. The maximum atomic E-state index is 12.4. The number of thioether (sulfide) groups is 1. The number of hydrogen-bond acceptors (Lipinski definition) is 6. The highest BCUT2D eigenvalue weighted by Gasteiger charge is 2.21. The molecule has 0 fully saturated rings. The average Bonchev–Trinajstić information content (AvgIpc) is 2.61. The lowest BCUT2D eigenvalue weighted by atomic mass is 9.95. The Hall–Kier alpha value is -2.48. The van der Waals surface area contributed by atoms with E-state index in [2.05, 4.69) is 19.2 Å². The normalized spacial score (nSPS) is 12.2. The Labute approximate surface area is 168 Å². The van der Waals surface area contributed by atoms with Crippen molar-refractivity contribution in [2.45, 2.75) is 45.8 Å². The van der Waals surface area contributed by atoms with Crippen molar-refractivity contribution in [2.24, 2.45) is 5.73 Å². The predicted molar refractivity (Wildman–Crippen MR) is 111 cm³/mol. The van der Waals surface area contributed by atoms with Crippen LogP contribution in [0.5, 0.6) is 0 Å². The predicted octanol–water partition coefficient (Wildman–Crippen LogP) is 3.06. The highest BCUT2D eigenvalue weighted by atomic mass is 32.2. The van der Waals surface area contributed by atoms with Gasteiger partial charge in [-0.2, -0.15) is 11.8 Å². The number of aryl methyl sites for hydroxylation is 1. The van der Waals surface area contributed by atoms with Crippen LogP contribution in [-0.2, 0) is 16.1 Å². The number of benzene rings is 1. The molecule has 2 rings (SSSR count). The van der Waals surface area contributed by atoms with Crippen LogP contribution < -0.4 is 16.7 Å².